The van der Waals surface area contributed by atoms with Crippen molar-refractivity contribution in [2.75, 3.05) is 0 Å². The lowest BCUT2D eigenvalue weighted by Crippen LogP contribution is -2.13. The molecule has 114 valence electrons. The molecule has 0 unspecified atom stereocenters. The monoisotopic (exact) mass is 307 g/mol. The van der Waals surface area contributed by atoms with Gasteiger partial charge in [0.15, 0.2) is 9.84 Å². The van der Waals surface area contributed by atoms with E-state index in [1.807, 2.05) is 25.3 Å². The molecule has 0 aliphatic carbocycles. The summed E-state index contributed by atoms with van der Waals surface area (Å²) in [5, 5.41) is 7.70. The number of hydrogen-bond acceptors (Lipinski definition) is 4. The van der Waals surface area contributed by atoms with Gasteiger partial charge in [-0.3, -0.25) is 4.68 Å². The predicted molar refractivity (Wildman–Crippen MR) is 81.9 cm³/mol. The van der Waals surface area contributed by atoms with Crippen molar-refractivity contribution in [3.05, 3.63) is 41.7 Å². The molecule has 2 aromatic rings. The van der Waals surface area contributed by atoms with E-state index in [1.165, 1.54) is 0 Å². The van der Waals surface area contributed by atoms with E-state index in [9.17, 15) is 8.42 Å². The van der Waals surface area contributed by atoms with E-state index < -0.39 is 15.1 Å². The van der Waals surface area contributed by atoms with Gasteiger partial charge in [0, 0.05) is 12.7 Å². The van der Waals surface area contributed by atoms with Crippen LogP contribution in [0.3, 0.4) is 0 Å². The third-order valence-electron chi connectivity index (χ3n) is 3.45. The lowest BCUT2D eigenvalue weighted by molar-refractivity contribution is 0.587. The van der Waals surface area contributed by atoms with Crippen LogP contribution in [-0.2, 0) is 29.2 Å². The van der Waals surface area contributed by atoms with E-state index in [0.717, 1.165) is 30.6 Å². The molecule has 0 aliphatic heterocycles. The van der Waals surface area contributed by atoms with Crippen molar-refractivity contribution < 1.29 is 8.42 Å². The predicted octanol–water partition coefficient (Wildman–Crippen LogP) is 2.27. The fourth-order valence-corrected chi connectivity index (χ4v) is 3.06. The maximum absolute atomic E-state index is 12.0. The van der Waals surface area contributed by atoms with E-state index in [0.29, 0.717) is 4.90 Å². The van der Waals surface area contributed by atoms with Crippen molar-refractivity contribution >= 4 is 9.84 Å². The van der Waals surface area contributed by atoms with Crippen molar-refractivity contribution in [1.29, 1.82) is 0 Å². The number of nitrogens with zero attached hydrogens (tertiary/aromatic N) is 3. The SMILES string of the molecule is CCn1cc(CCc2ccc(S(=O)(=O)C(C)C)cc2)nn1. The second-order valence-corrected chi connectivity index (χ2v) is 7.81. The molecular weight excluding hydrogens is 286 g/mol. The Kier molecular flexibility index (Phi) is 4.77. The van der Waals surface area contributed by atoms with Crippen molar-refractivity contribution in [3.63, 3.8) is 0 Å². The summed E-state index contributed by atoms with van der Waals surface area (Å²) < 4.78 is 25.9. The Bertz CT molecular complexity index is 688. The topological polar surface area (TPSA) is 64.8 Å². The van der Waals surface area contributed by atoms with Crippen LogP contribution in [0.15, 0.2) is 35.4 Å². The molecule has 1 aromatic heterocycles. The van der Waals surface area contributed by atoms with E-state index >= 15 is 0 Å². The van der Waals surface area contributed by atoms with Gasteiger partial charge in [-0.2, -0.15) is 0 Å². The maximum atomic E-state index is 12.0. The summed E-state index contributed by atoms with van der Waals surface area (Å²) in [4.78, 5) is 0.387. The highest BCUT2D eigenvalue weighted by atomic mass is 32.2. The number of aromatic nitrogens is 3. The number of benzene rings is 1. The summed E-state index contributed by atoms with van der Waals surface area (Å²) in [6.07, 6.45) is 3.57. The van der Waals surface area contributed by atoms with Crippen LogP contribution in [0.2, 0.25) is 0 Å². The number of sulfone groups is 1. The van der Waals surface area contributed by atoms with Gasteiger partial charge in [0.2, 0.25) is 0 Å². The lowest BCUT2D eigenvalue weighted by atomic mass is 10.1. The van der Waals surface area contributed by atoms with Gasteiger partial charge in [-0.25, -0.2) is 8.42 Å². The molecule has 1 heterocycles. The third-order valence-corrected chi connectivity index (χ3v) is 5.62. The maximum Gasteiger partial charge on any atom is 0.180 e. The highest BCUT2D eigenvalue weighted by Gasteiger charge is 2.18. The Balaban J connectivity index is 2.03. The van der Waals surface area contributed by atoms with Crippen LogP contribution in [-0.4, -0.2) is 28.7 Å². The molecule has 0 saturated carbocycles. The van der Waals surface area contributed by atoms with Crippen LogP contribution < -0.4 is 0 Å². The standard InChI is InChI=1S/C15H21N3O2S/c1-4-18-11-14(16-17-18)8-5-13-6-9-15(10-7-13)21(19,20)12(2)3/h6-7,9-12H,4-5,8H2,1-3H3. The van der Waals surface area contributed by atoms with Gasteiger partial charge in [-0.05, 0) is 51.3 Å². The molecule has 0 saturated heterocycles. The number of aryl methyl sites for hydroxylation is 3. The largest absolute Gasteiger partial charge is 0.253 e. The highest BCUT2D eigenvalue weighted by molar-refractivity contribution is 7.92. The van der Waals surface area contributed by atoms with Crippen molar-refractivity contribution in [2.45, 2.75) is 50.3 Å². The van der Waals surface area contributed by atoms with Crippen LogP contribution in [0.4, 0.5) is 0 Å². The molecule has 6 heteroatoms. The normalized spacial score (nSPS) is 12.0. The molecule has 0 aliphatic rings. The Labute approximate surface area is 125 Å². The first-order valence-electron chi connectivity index (χ1n) is 7.15. The molecule has 2 rings (SSSR count). The lowest BCUT2D eigenvalue weighted by Gasteiger charge is -2.08. The average molecular weight is 307 g/mol. The molecule has 0 fully saturated rings. The minimum absolute atomic E-state index is 0.387. The van der Waals surface area contributed by atoms with E-state index in [1.54, 1.807) is 30.7 Å². The third kappa shape index (κ3) is 3.69. The first-order valence-corrected chi connectivity index (χ1v) is 8.70. The molecule has 21 heavy (non-hydrogen) atoms. The molecule has 1 aromatic carbocycles. The summed E-state index contributed by atoms with van der Waals surface area (Å²) in [6.45, 7) is 6.22. The minimum atomic E-state index is -3.19. The smallest absolute Gasteiger partial charge is 0.180 e. The van der Waals surface area contributed by atoms with Crippen molar-refractivity contribution in [1.82, 2.24) is 15.0 Å². The quantitative estimate of drug-likeness (QED) is 0.821. The van der Waals surface area contributed by atoms with Gasteiger partial charge in [0.05, 0.1) is 15.8 Å². The first kappa shape index (κ1) is 15.7. The van der Waals surface area contributed by atoms with Gasteiger partial charge in [0.25, 0.3) is 0 Å². The molecule has 0 bridgehead atoms. The summed E-state index contributed by atoms with van der Waals surface area (Å²) in [6, 6.07) is 7.13. The van der Waals surface area contributed by atoms with Gasteiger partial charge in [0.1, 0.15) is 0 Å². The Morgan fingerprint density at radius 1 is 1.14 bits per heavy atom. The zero-order valence-electron chi connectivity index (χ0n) is 12.7. The second-order valence-electron chi connectivity index (χ2n) is 5.30. The Morgan fingerprint density at radius 2 is 1.81 bits per heavy atom. The summed E-state index contributed by atoms with van der Waals surface area (Å²) in [7, 11) is -3.19. The fourth-order valence-electron chi connectivity index (χ4n) is 2.00. The van der Waals surface area contributed by atoms with E-state index in [-0.39, 0.29) is 0 Å². The molecular formula is C15H21N3O2S. The molecule has 0 atom stereocenters. The Hall–Kier alpha value is -1.69. The molecule has 5 nitrogen and oxygen atoms in total. The van der Waals surface area contributed by atoms with Crippen LogP contribution in [0.5, 0.6) is 0 Å². The van der Waals surface area contributed by atoms with Crippen LogP contribution >= 0.6 is 0 Å². The minimum Gasteiger partial charge on any atom is -0.253 e. The number of rotatable bonds is 6. The van der Waals surface area contributed by atoms with Crippen molar-refractivity contribution in [2.24, 2.45) is 0 Å². The first-order chi connectivity index (χ1) is 9.93. The van der Waals surface area contributed by atoms with E-state index in [2.05, 4.69) is 10.3 Å². The average Bonchev–Trinajstić information content (AvgIpc) is 2.93. The summed E-state index contributed by atoms with van der Waals surface area (Å²) in [5.74, 6) is 0. The molecule has 0 radical (unpaired) electrons. The molecule has 0 spiro atoms. The molecule has 0 N–H and O–H groups in total. The van der Waals surface area contributed by atoms with Crippen LogP contribution in [0.1, 0.15) is 32.0 Å². The zero-order chi connectivity index (χ0) is 15.5. The van der Waals surface area contributed by atoms with Crippen LogP contribution in [0, 0.1) is 0 Å². The fraction of sp³-hybridized carbons (Fsp3) is 0.467. The van der Waals surface area contributed by atoms with Gasteiger partial charge >= 0.3 is 0 Å². The van der Waals surface area contributed by atoms with Gasteiger partial charge in [-0.15, -0.1) is 5.10 Å². The highest BCUT2D eigenvalue weighted by Crippen LogP contribution is 2.17. The summed E-state index contributed by atoms with van der Waals surface area (Å²) >= 11 is 0. The summed E-state index contributed by atoms with van der Waals surface area (Å²) in [5.41, 5.74) is 2.06. The zero-order valence-corrected chi connectivity index (χ0v) is 13.5. The number of hydrogen-bond donors (Lipinski definition) is 0. The van der Waals surface area contributed by atoms with E-state index in [4.69, 9.17) is 0 Å². The molecule has 0 amide bonds. The Morgan fingerprint density at radius 3 is 2.33 bits per heavy atom. The second kappa shape index (κ2) is 6.39. The van der Waals surface area contributed by atoms with Gasteiger partial charge in [-0.1, -0.05) is 17.3 Å². The van der Waals surface area contributed by atoms with Crippen LogP contribution in [0.25, 0.3) is 0 Å². The van der Waals surface area contributed by atoms with Crippen molar-refractivity contribution in [3.8, 4) is 0 Å². The van der Waals surface area contributed by atoms with Gasteiger partial charge < -0.3 is 0 Å².